The maximum Gasteiger partial charge on any atom is 0.238 e. The van der Waals surface area contributed by atoms with Crippen molar-refractivity contribution in [1.82, 2.24) is 0 Å². The number of hydrogen-bond acceptors (Lipinski definition) is 2. The molecule has 1 fully saturated rings. The summed E-state index contributed by atoms with van der Waals surface area (Å²) in [5.74, 6) is -0.979. The normalized spacial score (nSPS) is 25.2. The number of benzene rings is 3. The highest BCUT2D eigenvalue weighted by atomic mass is 35.5. The number of amides is 2. The van der Waals surface area contributed by atoms with Crippen molar-refractivity contribution in [3.05, 3.63) is 98.5 Å². The lowest BCUT2D eigenvalue weighted by Crippen LogP contribution is -2.41. The summed E-state index contributed by atoms with van der Waals surface area (Å²) in [5, 5.41) is 0.726. The minimum Gasteiger partial charge on any atom is -0.274 e. The van der Waals surface area contributed by atoms with E-state index < -0.39 is 11.8 Å². The Morgan fingerprint density at radius 1 is 0.719 bits per heavy atom. The highest BCUT2D eigenvalue weighted by Crippen LogP contribution is 2.61. The Balaban J connectivity index is 1.55. The van der Waals surface area contributed by atoms with E-state index in [0.717, 1.165) is 0 Å². The maximum absolute atomic E-state index is 13.8. The van der Waals surface area contributed by atoms with Gasteiger partial charge in [-0.2, -0.15) is 0 Å². The van der Waals surface area contributed by atoms with Gasteiger partial charge in [-0.25, -0.2) is 4.90 Å². The van der Waals surface area contributed by atoms with Crippen molar-refractivity contribution in [2.24, 2.45) is 11.8 Å². The molecule has 3 aromatic rings. The summed E-state index contributed by atoms with van der Waals surface area (Å²) in [5.41, 5.74) is 6.45. The van der Waals surface area contributed by atoms with Crippen LogP contribution in [0.25, 0.3) is 0 Å². The molecular formula is C27H21Cl2NO2. The van der Waals surface area contributed by atoms with Gasteiger partial charge in [0.05, 0.1) is 27.6 Å². The highest BCUT2D eigenvalue weighted by Gasteiger charge is 2.61. The Morgan fingerprint density at radius 3 is 1.91 bits per heavy atom. The summed E-state index contributed by atoms with van der Waals surface area (Å²) in [4.78, 5) is 28.9. The molecule has 0 unspecified atom stereocenters. The van der Waals surface area contributed by atoms with Crippen LogP contribution in [0.5, 0.6) is 0 Å². The number of hydrogen-bond donors (Lipinski definition) is 0. The lowest BCUT2D eigenvalue weighted by Gasteiger charge is -2.46. The number of carbonyl (C=O) groups is 2. The summed E-state index contributed by atoms with van der Waals surface area (Å²) in [6.07, 6.45) is 0. The number of imide groups is 1. The first-order chi connectivity index (χ1) is 15.4. The second-order valence-corrected chi connectivity index (χ2v) is 10.1. The molecule has 3 aliphatic carbocycles. The molecule has 0 saturated carbocycles. The van der Waals surface area contributed by atoms with Crippen LogP contribution in [0.1, 0.15) is 59.4 Å². The van der Waals surface area contributed by atoms with Crippen LogP contribution in [0, 0.1) is 11.8 Å². The van der Waals surface area contributed by atoms with Gasteiger partial charge in [-0.1, -0.05) is 79.5 Å². The average Bonchev–Trinajstić information content (AvgIpc) is 3.06. The molecule has 2 amide bonds. The zero-order valence-electron chi connectivity index (χ0n) is 17.7. The minimum absolute atomic E-state index is 0.123. The van der Waals surface area contributed by atoms with Crippen LogP contribution in [0.15, 0.2) is 60.7 Å². The maximum atomic E-state index is 13.8. The van der Waals surface area contributed by atoms with Crippen molar-refractivity contribution in [2.45, 2.75) is 31.6 Å². The molecule has 1 aliphatic heterocycles. The van der Waals surface area contributed by atoms with Gasteiger partial charge in [0.2, 0.25) is 11.8 Å². The molecule has 3 aromatic carbocycles. The number of rotatable bonds is 2. The number of anilines is 1. The minimum atomic E-state index is -0.410. The second-order valence-electron chi connectivity index (χ2n) is 9.29. The fourth-order valence-electron chi connectivity index (χ4n) is 5.98. The van der Waals surface area contributed by atoms with Gasteiger partial charge in [0.25, 0.3) is 0 Å². The van der Waals surface area contributed by atoms with Gasteiger partial charge in [-0.3, -0.25) is 9.59 Å². The van der Waals surface area contributed by atoms with Gasteiger partial charge in [-0.15, -0.1) is 0 Å². The van der Waals surface area contributed by atoms with Gasteiger partial charge in [0.15, 0.2) is 0 Å². The molecule has 3 nitrogen and oxygen atoms in total. The number of halogens is 2. The largest absolute Gasteiger partial charge is 0.274 e. The van der Waals surface area contributed by atoms with E-state index in [9.17, 15) is 9.59 Å². The fourth-order valence-corrected chi connectivity index (χ4v) is 6.28. The van der Waals surface area contributed by atoms with E-state index in [4.69, 9.17) is 23.2 Å². The first kappa shape index (κ1) is 20.0. The second kappa shape index (κ2) is 6.94. The highest BCUT2D eigenvalue weighted by molar-refractivity contribution is 6.42. The van der Waals surface area contributed by atoms with E-state index in [2.05, 4.69) is 44.2 Å². The van der Waals surface area contributed by atoms with Crippen molar-refractivity contribution < 1.29 is 9.59 Å². The third-order valence-corrected chi connectivity index (χ3v) is 8.13. The predicted molar refractivity (Wildman–Crippen MR) is 127 cm³/mol. The van der Waals surface area contributed by atoms with Crippen LogP contribution >= 0.6 is 23.2 Å². The summed E-state index contributed by atoms with van der Waals surface area (Å²) in [6.45, 7) is 4.35. The Hall–Kier alpha value is -2.62. The third-order valence-electron chi connectivity index (χ3n) is 7.39. The molecule has 0 spiro atoms. The Kier molecular flexibility index (Phi) is 4.34. The van der Waals surface area contributed by atoms with Gasteiger partial charge < -0.3 is 0 Å². The van der Waals surface area contributed by atoms with Crippen molar-refractivity contribution in [3.8, 4) is 0 Å². The predicted octanol–water partition coefficient (Wildman–Crippen LogP) is 6.51. The first-order valence-corrected chi connectivity index (χ1v) is 11.7. The van der Waals surface area contributed by atoms with Crippen LogP contribution in [-0.2, 0) is 9.59 Å². The standard InChI is InChI=1S/C27H21Cl2NO2/c1-13(2)14-7-9-18-19(11-14)23-17-6-4-3-5-16(17)22(18)24-25(23)27(32)30(26(24)31)15-8-10-20(28)21(29)12-15/h3-13,22-25H,1-2H3/t22-,23-,24-,25+/m0/s1. The van der Waals surface area contributed by atoms with Crippen LogP contribution in [-0.4, -0.2) is 11.8 Å². The fraction of sp³-hybridized carbons (Fsp3) is 0.259. The molecule has 160 valence electrons. The molecule has 5 heteroatoms. The SMILES string of the molecule is CC(C)c1ccc2c(c1)[C@@H]1c3ccccc3[C@@H]2[C@@H]2C(=O)N(c3ccc(Cl)c(Cl)c3)C(=O)[C@H]12. The zero-order valence-corrected chi connectivity index (χ0v) is 19.2. The molecule has 32 heavy (non-hydrogen) atoms. The molecule has 0 aromatic heterocycles. The van der Waals surface area contributed by atoms with E-state index in [1.54, 1.807) is 18.2 Å². The summed E-state index contributed by atoms with van der Waals surface area (Å²) in [7, 11) is 0. The molecule has 1 saturated heterocycles. The van der Waals surface area contributed by atoms with Crippen molar-refractivity contribution >= 4 is 40.7 Å². The van der Waals surface area contributed by atoms with Crippen LogP contribution in [0.2, 0.25) is 10.0 Å². The first-order valence-electron chi connectivity index (χ1n) is 10.9. The Labute approximate surface area is 197 Å². The summed E-state index contributed by atoms with van der Waals surface area (Å²) >= 11 is 12.3. The molecule has 4 atom stereocenters. The van der Waals surface area contributed by atoms with Crippen LogP contribution in [0.3, 0.4) is 0 Å². The number of nitrogens with zero attached hydrogens (tertiary/aromatic N) is 1. The molecule has 2 bridgehead atoms. The lowest BCUT2D eigenvalue weighted by molar-refractivity contribution is -0.122. The van der Waals surface area contributed by atoms with Crippen molar-refractivity contribution in [2.75, 3.05) is 4.90 Å². The smallest absolute Gasteiger partial charge is 0.238 e. The molecule has 4 aliphatic rings. The zero-order chi connectivity index (χ0) is 22.3. The van der Waals surface area contributed by atoms with E-state index in [-0.39, 0.29) is 23.7 Å². The Morgan fingerprint density at radius 2 is 1.31 bits per heavy atom. The topological polar surface area (TPSA) is 37.4 Å². The monoisotopic (exact) mass is 461 g/mol. The number of carbonyl (C=O) groups excluding carboxylic acids is 2. The van der Waals surface area contributed by atoms with Crippen LogP contribution < -0.4 is 4.90 Å². The third kappa shape index (κ3) is 2.55. The van der Waals surface area contributed by atoms with E-state index >= 15 is 0 Å². The molecule has 0 N–H and O–H groups in total. The van der Waals surface area contributed by atoms with E-state index in [1.807, 2.05) is 12.1 Å². The van der Waals surface area contributed by atoms with Gasteiger partial charge in [0, 0.05) is 11.8 Å². The molecular weight excluding hydrogens is 441 g/mol. The van der Waals surface area contributed by atoms with E-state index in [0.29, 0.717) is 21.7 Å². The van der Waals surface area contributed by atoms with E-state index in [1.165, 1.54) is 32.7 Å². The summed E-state index contributed by atoms with van der Waals surface area (Å²) < 4.78 is 0. The molecule has 0 radical (unpaired) electrons. The van der Waals surface area contributed by atoms with Crippen molar-refractivity contribution in [3.63, 3.8) is 0 Å². The van der Waals surface area contributed by atoms with Gasteiger partial charge in [-0.05, 0) is 51.9 Å². The van der Waals surface area contributed by atoms with Crippen molar-refractivity contribution in [1.29, 1.82) is 0 Å². The lowest BCUT2D eigenvalue weighted by atomic mass is 9.54. The average molecular weight is 462 g/mol. The van der Waals surface area contributed by atoms with Gasteiger partial charge >= 0.3 is 0 Å². The molecule has 1 heterocycles. The summed E-state index contributed by atoms with van der Waals surface area (Å²) in [6, 6.07) is 19.8. The molecule has 7 rings (SSSR count). The Bertz CT molecular complexity index is 1310. The quantitative estimate of drug-likeness (QED) is 0.407. The van der Waals surface area contributed by atoms with Crippen LogP contribution in [0.4, 0.5) is 5.69 Å². The van der Waals surface area contributed by atoms with Gasteiger partial charge in [0.1, 0.15) is 0 Å².